The highest BCUT2D eigenvalue weighted by Gasteiger charge is 2.39. The van der Waals surface area contributed by atoms with E-state index in [1.165, 1.54) is 24.3 Å². The molecular weight excluding hydrogens is 415 g/mol. The van der Waals surface area contributed by atoms with Crippen molar-refractivity contribution < 1.29 is 19.1 Å². The number of esters is 1. The largest absolute Gasteiger partial charge is 0.462 e. The number of imide groups is 1. The van der Waals surface area contributed by atoms with Crippen LogP contribution in [-0.2, 0) is 14.3 Å². The summed E-state index contributed by atoms with van der Waals surface area (Å²) in [5.41, 5.74) is 2.00. The highest BCUT2D eigenvalue weighted by atomic mass is 35.5. The number of hydrogen-bond acceptors (Lipinski definition) is 5. The van der Waals surface area contributed by atoms with Crippen LogP contribution in [0.2, 0.25) is 5.02 Å². The Morgan fingerprint density at radius 3 is 2.38 bits per heavy atom. The number of carbonyl (C=O) groups is 3. The molecule has 1 N–H and O–H groups in total. The van der Waals surface area contributed by atoms with Crippen molar-refractivity contribution in [1.29, 1.82) is 0 Å². The number of nitrogens with zero attached hydrogens (tertiary/aromatic N) is 1. The van der Waals surface area contributed by atoms with E-state index in [0.29, 0.717) is 35.0 Å². The van der Waals surface area contributed by atoms with Gasteiger partial charge in [0.05, 0.1) is 17.9 Å². The van der Waals surface area contributed by atoms with Gasteiger partial charge in [-0.2, -0.15) is 0 Å². The normalized spacial score (nSPS) is 13.9. The summed E-state index contributed by atoms with van der Waals surface area (Å²) >= 11 is 12.2. The number of rotatable bonds is 6. The standard InChI is InChI=1S/C21H18Cl2N2O4/c1-3-10-29-21(28)13-5-8-15(9-6-13)25-19(26)17(23)18(20(25)27)24-14-7-4-12(2)16(22)11-14/h4-9,11,24H,3,10H2,1-2H3. The fraction of sp³-hybridized carbons (Fsp3) is 0.190. The molecule has 2 aromatic carbocycles. The zero-order valence-corrected chi connectivity index (χ0v) is 17.3. The molecule has 0 aliphatic carbocycles. The molecule has 0 fully saturated rings. The molecule has 0 radical (unpaired) electrons. The van der Waals surface area contributed by atoms with Crippen molar-refractivity contribution in [2.24, 2.45) is 0 Å². The van der Waals surface area contributed by atoms with E-state index >= 15 is 0 Å². The van der Waals surface area contributed by atoms with Crippen LogP contribution in [0.15, 0.2) is 53.2 Å². The maximum absolute atomic E-state index is 12.8. The molecule has 6 nitrogen and oxygen atoms in total. The van der Waals surface area contributed by atoms with E-state index < -0.39 is 17.8 Å². The number of halogens is 2. The van der Waals surface area contributed by atoms with Crippen molar-refractivity contribution >= 4 is 52.4 Å². The van der Waals surface area contributed by atoms with Gasteiger partial charge in [0.25, 0.3) is 11.8 Å². The van der Waals surface area contributed by atoms with E-state index in [-0.39, 0.29) is 10.7 Å². The summed E-state index contributed by atoms with van der Waals surface area (Å²) in [6, 6.07) is 11.1. The van der Waals surface area contributed by atoms with Gasteiger partial charge >= 0.3 is 5.97 Å². The first kappa shape index (κ1) is 20.9. The number of carbonyl (C=O) groups excluding carboxylic acids is 3. The zero-order chi connectivity index (χ0) is 21.1. The second kappa shape index (κ2) is 8.68. The Balaban J connectivity index is 1.80. The Morgan fingerprint density at radius 1 is 1.07 bits per heavy atom. The number of hydrogen-bond donors (Lipinski definition) is 1. The van der Waals surface area contributed by atoms with E-state index in [4.69, 9.17) is 27.9 Å². The van der Waals surface area contributed by atoms with Crippen LogP contribution in [0, 0.1) is 6.92 Å². The highest BCUT2D eigenvalue weighted by Crippen LogP contribution is 2.31. The summed E-state index contributed by atoms with van der Waals surface area (Å²) in [5.74, 6) is -1.72. The summed E-state index contributed by atoms with van der Waals surface area (Å²) in [7, 11) is 0. The third-order valence-corrected chi connectivity index (χ3v) is 5.02. The summed E-state index contributed by atoms with van der Waals surface area (Å²) in [6.07, 6.45) is 0.715. The fourth-order valence-corrected chi connectivity index (χ4v) is 3.08. The average molecular weight is 433 g/mol. The van der Waals surface area contributed by atoms with Crippen molar-refractivity contribution in [2.45, 2.75) is 20.3 Å². The molecular formula is C21H18Cl2N2O4. The van der Waals surface area contributed by atoms with Crippen molar-refractivity contribution in [3.05, 3.63) is 69.3 Å². The van der Waals surface area contributed by atoms with Crippen LogP contribution in [-0.4, -0.2) is 24.4 Å². The van der Waals surface area contributed by atoms with Gasteiger partial charge in [-0.3, -0.25) is 9.59 Å². The van der Waals surface area contributed by atoms with Crippen molar-refractivity contribution in [1.82, 2.24) is 0 Å². The monoisotopic (exact) mass is 432 g/mol. The smallest absolute Gasteiger partial charge is 0.338 e. The SMILES string of the molecule is CCCOC(=O)c1ccc(N2C(=O)C(Cl)=C(Nc3ccc(C)c(Cl)c3)C2=O)cc1. The maximum Gasteiger partial charge on any atom is 0.338 e. The molecule has 3 rings (SSSR count). The summed E-state index contributed by atoms with van der Waals surface area (Å²) in [5, 5.41) is 3.16. The van der Waals surface area contributed by atoms with Gasteiger partial charge in [0.2, 0.25) is 0 Å². The first-order valence-corrected chi connectivity index (χ1v) is 9.68. The zero-order valence-electron chi connectivity index (χ0n) is 15.8. The molecule has 1 aliphatic rings. The van der Waals surface area contributed by atoms with E-state index in [1.807, 2.05) is 13.8 Å². The molecule has 0 saturated carbocycles. The van der Waals surface area contributed by atoms with Crippen LogP contribution in [0.5, 0.6) is 0 Å². The third kappa shape index (κ3) is 4.28. The van der Waals surface area contributed by atoms with Crippen LogP contribution < -0.4 is 10.2 Å². The van der Waals surface area contributed by atoms with Gasteiger partial charge in [-0.05, 0) is 55.3 Å². The molecule has 29 heavy (non-hydrogen) atoms. The van der Waals surface area contributed by atoms with Crippen molar-refractivity contribution in [2.75, 3.05) is 16.8 Å². The Hall–Kier alpha value is -2.83. The van der Waals surface area contributed by atoms with Crippen LogP contribution >= 0.6 is 23.2 Å². The number of aryl methyl sites for hydroxylation is 1. The number of benzene rings is 2. The molecule has 0 bridgehead atoms. The lowest BCUT2D eigenvalue weighted by Crippen LogP contribution is -2.32. The van der Waals surface area contributed by atoms with Crippen LogP contribution in [0.1, 0.15) is 29.3 Å². The molecule has 8 heteroatoms. The highest BCUT2D eigenvalue weighted by molar-refractivity contribution is 6.53. The predicted octanol–water partition coefficient (Wildman–Crippen LogP) is 4.65. The van der Waals surface area contributed by atoms with Gasteiger partial charge < -0.3 is 10.1 Å². The average Bonchev–Trinajstić information content (AvgIpc) is 2.92. The minimum atomic E-state index is -0.654. The molecule has 0 atom stereocenters. The lowest BCUT2D eigenvalue weighted by molar-refractivity contribution is -0.120. The van der Waals surface area contributed by atoms with Crippen LogP contribution in [0.4, 0.5) is 11.4 Å². The number of nitrogens with one attached hydrogen (secondary N) is 1. The minimum Gasteiger partial charge on any atom is -0.462 e. The Bertz CT molecular complexity index is 1020. The maximum atomic E-state index is 12.8. The molecule has 1 aliphatic heterocycles. The lowest BCUT2D eigenvalue weighted by atomic mass is 10.2. The minimum absolute atomic E-state index is 0.0389. The summed E-state index contributed by atoms with van der Waals surface area (Å²) in [6.45, 7) is 4.07. The second-order valence-corrected chi connectivity index (χ2v) is 7.19. The topological polar surface area (TPSA) is 75.7 Å². The molecule has 0 spiro atoms. The quantitative estimate of drug-likeness (QED) is 0.530. The van der Waals surface area contributed by atoms with Gasteiger partial charge in [-0.15, -0.1) is 0 Å². The van der Waals surface area contributed by atoms with Crippen molar-refractivity contribution in [3.8, 4) is 0 Å². The fourth-order valence-electron chi connectivity index (χ4n) is 2.69. The van der Waals surface area contributed by atoms with E-state index in [9.17, 15) is 14.4 Å². The molecule has 0 unspecified atom stereocenters. The van der Waals surface area contributed by atoms with Gasteiger partial charge in [0, 0.05) is 10.7 Å². The van der Waals surface area contributed by atoms with Crippen LogP contribution in [0.3, 0.4) is 0 Å². The first-order chi connectivity index (χ1) is 13.8. The summed E-state index contributed by atoms with van der Waals surface area (Å²) < 4.78 is 5.07. The molecule has 0 aromatic heterocycles. The Morgan fingerprint density at radius 2 is 1.76 bits per heavy atom. The number of amides is 2. The molecule has 1 heterocycles. The van der Waals surface area contributed by atoms with Gasteiger partial charge in [0.15, 0.2) is 0 Å². The first-order valence-electron chi connectivity index (χ1n) is 8.92. The van der Waals surface area contributed by atoms with Crippen molar-refractivity contribution in [3.63, 3.8) is 0 Å². The Labute approximate surface area is 178 Å². The molecule has 0 saturated heterocycles. The summed E-state index contributed by atoms with van der Waals surface area (Å²) in [4.78, 5) is 38.2. The molecule has 2 amide bonds. The number of ether oxygens (including phenoxy) is 1. The van der Waals surface area contributed by atoms with E-state index in [1.54, 1.807) is 18.2 Å². The Kier molecular flexibility index (Phi) is 6.25. The van der Waals surface area contributed by atoms with E-state index in [2.05, 4.69) is 5.32 Å². The molecule has 150 valence electrons. The van der Waals surface area contributed by atoms with Gasteiger partial charge in [0.1, 0.15) is 10.7 Å². The second-order valence-electron chi connectivity index (χ2n) is 6.41. The number of anilines is 2. The van der Waals surface area contributed by atoms with Gasteiger partial charge in [-0.1, -0.05) is 36.2 Å². The molecule has 2 aromatic rings. The van der Waals surface area contributed by atoms with E-state index in [0.717, 1.165) is 10.5 Å². The third-order valence-electron chi connectivity index (χ3n) is 4.27. The predicted molar refractivity (Wildman–Crippen MR) is 112 cm³/mol. The van der Waals surface area contributed by atoms with Gasteiger partial charge in [-0.25, -0.2) is 9.69 Å². The van der Waals surface area contributed by atoms with Crippen LogP contribution in [0.25, 0.3) is 0 Å². The lowest BCUT2D eigenvalue weighted by Gasteiger charge is -2.15.